The van der Waals surface area contributed by atoms with E-state index in [4.69, 9.17) is 11.6 Å². The Bertz CT molecular complexity index is 799. The number of guanidine groups is 1. The molecule has 0 saturated carbocycles. The molecule has 0 bridgehead atoms. The molecule has 2 aromatic rings. The SMILES string of the molecule is CN=C(NCCC(=O)Nc1ccc(C)cc1Cl)NCCc1nc(C)c(C)s1. The molecule has 0 unspecified atom stereocenters. The van der Waals surface area contributed by atoms with Gasteiger partial charge in [0, 0.05) is 37.9 Å². The molecule has 0 saturated heterocycles. The highest BCUT2D eigenvalue weighted by atomic mass is 35.5. The summed E-state index contributed by atoms with van der Waals surface area (Å²) in [5, 5.41) is 10.9. The van der Waals surface area contributed by atoms with E-state index in [-0.39, 0.29) is 5.91 Å². The first-order valence-corrected chi connectivity index (χ1v) is 10.0. The highest BCUT2D eigenvalue weighted by Crippen LogP contribution is 2.22. The number of benzene rings is 1. The molecule has 1 aromatic heterocycles. The number of aryl methyl sites for hydroxylation is 3. The maximum atomic E-state index is 12.1. The number of halogens is 1. The fraction of sp³-hybridized carbons (Fsp3) is 0.421. The van der Waals surface area contributed by atoms with Gasteiger partial charge in [0.1, 0.15) is 0 Å². The van der Waals surface area contributed by atoms with Crippen LogP contribution in [0.25, 0.3) is 0 Å². The van der Waals surface area contributed by atoms with Crippen LogP contribution in [0.1, 0.15) is 27.6 Å². The van der Waals surface area contributed by atoms with E-state index in [1.54, 1.807) is 18.4 Å². The van der Waals surface area contributed by atoms with Crippen LogP contribution in [-0.2, 0) is 11.2 Å². The normalized spacial score (nSPS) is 11.4. The first-order chi connectivity index (χ1) is 12.9. The van der Waals surface area contributed by atoms with E-state index in [2.05, 4.69) is 32.9 Å². The summed E-state index contributed by atoms with van der Waals surface area (Å²) in [6.07, 6.45) is 1.15. The van der Waals surface area contributed by atoms with E-state index in [1.807, 2.05) is 32.0 Å². The number of anilines is 1. The number of hydrogen-bond donors (Lipinski definition) is 3. The predicted octanol–water partition coefficient (Wildman–Crippen LogP) is 3.46. The first-order valence-electron chi connectivity index (χ1n) is 8.82. The molecule has 0 spiro atoms. The summed E-state index contributed by atoms with van der Waals surface area (Å²) in [5.41, 5.74) is 2.78. The van der Waals surface area contributed by atoms with Crippen molar-refractivity contribution < 1.29 is 4.79 Å². The van der Waals surface area contributed by atoms with Crippen LogP contribution in [0.4, 0.5) is 5.69 Å². The molecule has 0 fully saturated rings. The molecule has 6 nitrogen and oxygen atoms in total. The Balaban J connectivity index is 1.70. The lowest BCUT2D eigenvalue weighted by atomic mass is 10.2. The number of amides is 1. The second-order valence-corrected chi connectivity index (χ2v) is 7.90. The van der Waals surface area contributed by atoms with Crippen molar-refractivity contribution >= 4 is 40.5 Å². The Hall–Kier alpha value is -2.12. The summed E-state index contributed by atoms with van der Waals surface area (Å²) >= 11 is 7.86. The van der Waals surface area contributed by atoms with Crippen LogP contribution in [0.15, 0.2) is 23.2 Å². The molecule has 0 aliphatic heterocycles. The van der Waals surface area contributed by atoms with E-state index in [9.17, 15) is 4.79 Å². The third-order valence-corrected chi connectivity index (χ3v) is 5.42. The summed E-state index contributed by atoms with van der Waals surface area (Å²) in [6.45, 7) is 7.27. The van der Waals surface area contributed by atoms with Crippen LogP contribution in [0.5, 0.6) is 0 Å². The number of carbonyl (C=O) groups is 1. The van der Waals surface area contributed by atoms with Gasteiger partial charge in [0.2, 0.25) is 5.91 Å². The zero-order chi connectivity index (χ0) is 19.8. The second kappa shape index (κ2) is 10.3. The van der Waals surface area contributed by atoms with Gasteiger partial charge in [0.05, 0.1) is 21.4 Å². The van der Waals surface area contributed by atoms with Crippen LogP contribution in [-0.4, -0.2) is 37.0 Å². The van der Waals surface area contributed by atoms with E-state index in [0.29, 0.717) is 29.6 Å². The second-order valence-electron chi connectivity index (χ2n) is 6.21. The number of hydrogen-bond acceptors (Lipinski definition) is 4. The maximum Gasteiger partial charge on any atom is 0.226 e. The van der Waals surface area contributed by atoms with Crippen LogP contribution < -0.4 is 16.0 Å². The van der Waals surface area contributed by atoms with Gasteiger partial charge < -0.3 is 16.0 Å². The van der Waals surface area contributed by atoms with Gasteiger partial charge in [-0.15, -0.1) is 11.3 Å². The molecular weight excluding hydrogens is 382 g/mol. The Morgan fingerprint density at radius 1 is 1.22 bits per heavy atom. The van der Waals surface area contributed by atoms with Gasteiger partial charge in [0.25, 0.3) is 0 Å². The highest BCUT2D eigenvalue weighted by Gasteiger charge is 2.07. The van der Waals surface area contributed by atoms with Crippen molar-refractivity contribution in [3.63, 3.8) is 0 Å². The Labute approximate surface area is 169 Å². The Morgan fingerprint density at radius 3 is 2.59 bits per heavy atom. The zero-order valence-electron chi connectivity index (χ0n) is 16.1. The van der Waals surface area contributed by atoms with E-state index < -0.39 is 0 Å². The number of aromatic nitrogens is 1. The van der Waals surface area contributed by atoms with Crippen molar-refractivity contribution in [1.29, 1.82) is 0 Å². The number of rotatable bonds is 7. The highest BCUT2D eigenvalue weighted by molar-refractivity contribution is 7.11. The molecule has 0 aliphatic rings. The lowest BCUT2D eigenvalue weighted by Crippen LogP contribution is -2.39. The summed E-state index contributed by atoms with van der Waals surface area (Å²) in [6, 6.07) is 5.55. The average Bonchev–Trinajstić information content (AvgIpc) is 2.94. The fourth-order valence-corrected chi connectivity index (χ4v) is 3.60. The lowest BCUT2D eigenvalue weighted by molar-refractivity contribution is -0.116. The van der Waals surface area contributed by atoms with Crippen molar-refractivity contribution in [2.45, 2.75) is 33.6 Å². The average molecular weight is 408 g/mol. The van der Waals surface area contributed by atoms with Gasteiger partial charge in [-0.05, 0) is 38.5 Å². The molecule has 2 rings (SSSR count). The minimum Gasteiger partial charge on any atom is -0.356 e. The minimum absolute atomic E-state index is 0.0996. The predicted molar refractivity (Wildman–Crippen MR) is 114 cm³/mol. The summed E-state index contributed by atoms with van der Waals surface area (Å²) in [5.74, 6) is 0.568. The molecule has 0 atom stereocenters. The van der Waals surface area contributed by atoms with Gasteiger partial charge >= 0.3 is 0 Å². The van der Waals surface area contributed by atoms with Gasteiger partial charge in [-0.2, -0.15) is 0 Å². The third-order valence-electron chi connectivity index (χ3n) is 3.97. The largest absolute Gasteiger partial charge is 0.356 e. The zero-order valence-corrected chi connectivity index (χ0v) is 17.7. The Kier molecular flexibility index (Phi) is 8.06. The molecule has 8 heteroatoms. The summed E-state index contributed by atoms with van der Waals surface area (Å²) < 4.78 is 0. The smallest absolute Gasteiger partial charge is 0.226 e. The van der Waals surface area contributed by atoms with Crippen molar-refractivity contribution in [1.82, 2.24) is 15.6 Å². The topological polar surface area (TPSA) is 78.4 Å². The van der Waals surface area contributed by atoms with Gasteiger partial charge in [0.15, 0.2) is 5.96 Å². The Morgan fingerprint density at radius 2 is 1.96 bits per heavy atom. The van der Waals surface area contributed by atoms with Crippen LogP contribution in [0.3, 0.4) is 0 Å². The van der Waals surface area contributed by atoms with E-state index >= 15 is 0 Å². The summed E-state index contributed by atoms with van der Waals surface area (Å²) in [4.78, 5) is 22.0. The van der Waals surface area contributed by atoms with E-state index in [1.165, 1.54) is 4.88 Å². The molecule has 1 heterocycles. The molecule has 0 aliphatic carbocycles. The van der Waals surface area contributed by atoms with Crippen molar-refractivity contribution in [2.24, 2.45) is 4.99 Å². The van der Waals surface area contributed by atoms with Crippen molar-refractivity contribution in [2.75, 3.05) is 25.5 Å². The van der Waals surface area contributed by atoms with Gasteiger partial charge in [-0.25, -0.2) is 4.98 Å². The number of carbonyl (C=O) groups excluding carboxylic acids is 1. The molecule has 1 amide bonds. The standard InChI is InChI=1S/C19H26ClN5OS/c1-12-5-6-16(15(20)11-12)25-17(26)7-9-22-19(21-4)23-10-8-18-24-13(2)14(3)27-18/h5-6,11H,7-10H2,1-4H3,(H,25,26)(H2,21,22,23). The molecular formula is C19H26ClN5OS. The molecule has 3 N–H and O–H groups in total. The van der Waals surface area contributed by atoms with Crippen molar-refractivity contribution in [3.05, 3.63) is 44.4 Å². The number of nitrogens with zero attached hydrogens (tertiary/aromatic N) is 2. The maximum absolute atomic E-state index is 12.1. The quantitative estimate of drug-likeness (QED) is 0.485. The fourth-order valence-electron chi connectivity index (χ4n) is 2.38. The first kappa shape index (κ1) is 21.2. The molecule has 27 heavy (non-hydrogen) atoms. The molecule has 146 valence electrons. The van der Waals surface area contributed by atoms with Crippen LogP contribution >= 0.6 is 22.9 Å². The number of nitrogens with one attached hydrogen (secondary N) is 3. The number of aliphatic imine (C=N–C) groups is 1. The van der Waals surface area contributed by atoms with Gasteiger partial charge in [-0.3, -0.25) is 9.79 Å². The summed E-state index contributed by atoms with van der Waals surface area (Å²) in [7, 11) is 1.71. The lowest BCUT2D eigenvalue weighted by Gasteiger charge is -2.12. The molecule has 0 radical (unpaired) electrons. The van der Waals surface area contributed by atoms with Crippen molar-refractivity contribution in [3.8, 4) is 0 Å². The van der Waals surface area contributed by atoms with E-state index in [0.717, 1.165) is 29.2 Å². The molecule has 1 aromatic carbocycles. The minimum atomic E-state index is -0.0996. The number of thiazole rings is 1. The third kappa shape index (κ3) is 6.84. The monoisotopic (exact) mass is 407 g/mol. The van der Waals surface area contributed by atoms with Crippen LogP contribution in [0, 0.1) is 20.8 Å². The van der Waals surface area contributed by atoms with Crippen LogP contribution in [0.2, 0.25) is 5.02 Å². The van der Waals surface area contributed by atoms with Gasteiger partial charge in [-0.1, -0.05) is 17.7 Å².